The summed E-state index contributed by atoms with van der Waals surface area (Å²) in [6.07, 6.45) is 1.39. The molecule has 6 heteroatoms. The summed E-state index contributed by atoms with van der Waals surface area (Å²) in [5, 5.41) is 3.63. The molecule has 0 radical (unpaired) electrons. The molecule has 0 aliphatic heterocycles. The summed E-state index contributed by atoms with van der Waals surface area (Å²) in [6.45, 7) is 2.02. The van der Waals surface area contributed by atoms with E-state index in [-0.39, 0.29) is 0 Å². The molecular weight excluding hydrogens is 310 g/mol. The predicted molar refractivity (Wildman–Crippen MR) is 76.9 cm³/mol. The van der Waals surface area contributed by atoms with E-state index in [4.69, 9.17) is 10.2 Å². The number of halogens is 1. The highest BCUT2D eigenvalue weighted by Crippen LogP contribution is 2.30. The van der Waals surface area contributed by atoms with Crippen LogP contribution < -0.4 is 11.2 Å². The highest BCUT2D eigenvalue weighted by atomic mass is 79.9. The average Bonchev–Trinajstić information content (AvgIpc) is 2.77. The topological polar surface area (TPSA) is 80.6 Å². The number of carbonyl (C=O) groups is 1. The van der Waals surface area contributed by atoms with Gasteiger partial charge in [-0.05, 0) is 36.8 Å². The smallest absolute Gasteiger partial charge is 0.332 e. The van der Waals surface area contributed by atoms with Gasteiger partial charge < -0.3 is 10.2 Å². The minimum absolute atomic E-state index is 0.524. The largest absolute Gasteiger partial charge is 0.455 e. The summed E-state index contributed by atoms with van der Waals surface area (Å²) < 4.78 is 6.56. The summed E-state index contributed by atoms with van der Waals surface area (Å²) in [6, 6.07) is 8.87. The van der Waals surface area contributed by atoms with Gasteiger partial charge in [-0.15, -0.1) is 0 Å². The van der Waals surface area contributed by atoms with Gasteiger partial charge in [0.05, 0.1) is 6.21 Å². The molecule has 0 bridgehead atoms. The standard InChI is InChI=1S/C13H12BrN3O2/c1-8-2-4-10(11(14)6-8)12-5-3-9(19-12)7-16-17-13(15)18/h2-7H,1H3,(H3,15,17,18)/b16-7+. The first-order chi connectivity index (χ1) is 9.06. The molecule has 0 unspecified atom stereocenters. The molecule has 0 aliphatic carbocycles. The maximum absolute atomic E-state index is 10.5. The molecule has 0 spiro atoms. The third-order valence-corrected chi connectivity index (χ3v) is 3.04. The molecule has 0 saturated heterocycles. The van der Waals surface area contributed by atoms with Crippen molar-refractivity contribution in [3.8, 4) is 11.3 Å². The van der Waals surface area contributed by atoms with Crippen LogP contribution in [-0.4, -0.2) is 12.2 Å². The number of amides is 2. The lowest BCUT2D eigenvalue weighted by atomic mass is 10.1. The van der Waals surface area contributed by atoms with Gasteiger partial charge in [0, 0.05) is 10.0 Å². The summed E-state index contributed by atoms with van der Waals surface area (Å²) in [4.78, 5) is 10.5. The molecule has 98 valence electrons. The van der Waals surface area contributed by atoms with E-state index in [0.29, 0.717) is 11.5 Å². The lowest BCUT2D eigenvalue weighted by Crippen LogP contribution is -2.24. The van der Waals surface area contributed by atoms with Gasteiger partial charge in [-0.25, -0.2) is 10.2 Å². The van der Waals surface area contributed by atoms with Gasteiger partial charge in [0.1, 0.15) is 11.5 Å². The van der Waals surface area contributed by atoms with Crippen LogP contribution in [-0.2, 0) is 0 Å². The van der Waals surface area contributed by atoms with E-state index in [9.17, 15) is 4.79 Å². The minimum Gasteiger partial charge on any atom is -0.455 e. The Morgan fingerprint density at radius 1 is 1.42 bits per heavy atom. The second kappa shape index (κ2) is 5.71. The van der Waals surface area contributed by atoms with Gasteiger partial charge in [0.25, 0.3) is 0 Å². The fraction of sp³-hybridized carbons (Fsp3) is 0.0769. The third-order valence-electron chi connectivity index (χ3n) is 2.38. The fourth-order valence-corrected chi connectivity index (χ4v) is 2.24. The van der Waals surface area contributed by atoms with Crippen molar-refractivity contribution in [2.24, 2.45) is 10.8 Å². The Morgan fingerprint density at radius 2 is 2.21 bits per heavy atom. The number of benzene rings is 1. The zero-order valence-corrected chi connectivity index (χ0v) is 11.8. The molecule has 1 heterocycles. The first-order valence-corrected chi connectivity index (χ1v) is 6.30. The maximum atomic E-state index is 10.5. The van der Waals surface area contributed by atoms with E-state index in [1.807, 2.05) is 31.2 Å². The SMILES string of the molecule is Cc1ccc(-c2ccc(/C=N/NC(N)=O)o2)c(Br)c1. The van der Waals surface area contributed by atoms with Crippen LogP contribution in [0.4, 0.5) is 4.79 Å². The first-order valence-electron chi connectivity index (χ1n) is 5.51. The van der Waals surface area contributed by atoms with Crippen molar-refractivity contribution in [1.82, 2.24) is 5.43 Å². The number of nitrogens with two attached hydrogens (primary N) is 1. The fourth-order valence-electron chi connectivity index (χ4n) is 1.55. The summed E-state index contributed by atoms with van der Waals surface area (Å²) in [7, 11) is 0. The van der Waals surface area contributed by atoms with E-state index < -0.39 is 6.03 Å². The Balaban J connectivity index is 2.21. The Hall–Kier alpha value is -2.08. The molecular formula is C13H12BrN3O2. The number of hydrogen-bond acceptors (Lipinski definition) is 3. The number of nitrogens with zero attached hydrogens (tertiary/aromatic N) is 1. The van der Waals surface area contributed by atoms with E-state index in [1.54, 1.807) is 6.07 Å². The van der Waals surface area contributed by atoms with Crippen LogP contribution in [0.1, 0.15) is 11.3 Å². The van der Waals surface area contributed by atoms with Gasteiger partial charge in [0.15, 0.2) is 0 Å². The lowest BCUT2D eigenvalue weighted by molar-refractivity contribution is 0.249. The Kier molecular flexibility index (Phi) is 4.01. The molecule has 3 N–H and O–H groups in total. The Labute approximate surface area is 118 Å². The molecule has 1 aromatic carbocycles. The molecule has 1 aromatic heterocycles. The van der Waals surface area contributed by atoms with Crippen molar-refractivity contribution in [3.05, 3.63) is 46.1 Å². The monoisotopic (exact) mass is 321 g/mol. The minimum atomic E-state index is -0.718. The Bertz CT molecular complexity index is 635. The number of aryl methyl sites for hydroxylation is 1. The van der Waals surface area contributed by atoms with Gasteiger partial charge >= 0.3 is 6.03 Å². The number of furan rings is 1. The predicted octanol–water partition coefficient (Wildman–Crippen LogP) is 3.02. The molecule has 0 aliphatic rings. The van der Waals surface area contributed by atoms with Crippen molar-refractivity contribution in [1.29, 1.82) is 0 Å². The van der Waals surface area contributed by atoms with E-state index in [2.05, 4.69) is 26.5 Å². The van der Waals surface area contributed by atoms with Crippen LogP contribution in [0.5, 0.6) is 0 Å². The van der Waals surface area contributed by atoms with E-state index in [1.165, 1.54) is 6.21 Å². The van der Waals surface area contributed by atoms with Crippen LogP contribution in [0.15, 0.2) is 44.3 Å². The Morgan fingerprint density at radius 3 is 2.89 bits per heavy atom. The van der Waals surface area contributed by atoms with Crippen LogP contribution in [0, 0.1) is 6.92 Å². The summed E-state index contributed by atoms with van der Waals surface area (Å²) >= 11 is 3.50. The number of urea groups is 1. The average molecular weight is 322 g/mol. The zero-order valence-electron chi connectivity index (χ0n) is 10.2. The van der Waals surface area contributed by atoms with Crippen LogP contribution in [0.2, 0.25) is 0 Å². The zero-order chi connectivity index (χ0) is 13.8. The van der Waals surface area contributed by atoms with Crippen molar-refractivity contribution in [2.75, 3.05) is 0 Å². The third kappa shape index (κ3) is 3.45. The molecule has 2 aromatic rings. The maximum Gasteiger partial charge on any atom is 0.332 e. The quantitative estimate of drug-likeness (QED) is 0.673. The summed E-state index contributed by atoms with van der Waals surface area (Å²) in [5.41, 5.74) is 9.10. The second-order valence-corrected chi connectivity index (χ2v) is 4.77. The number of primary amides is 1. The number of hydrogen-bond donors (Lipinski definition) is 2. The number of nitrogens with one attached hydrogen (secondary N) is 1. The summed E-state index contributed by atoms with van der Waals surface area (Å²) in [5.74, 6) is 1.24. The van der Waals surface area contributed by atoms with E-state index >= 15 is 0 Å². The van der Waals surface area contributed by atoms with Crippen molar-refractivity contribution in [2.45, 2.75) is 6.92 Å². The van der Waals surface area contributed by atoms with Gasteiger partial charge in [-0.2, -0.15) is 5.10 Å². The lowest BCUT2D eigenvalue weighted by Gasteiger charge is -2.01. The molecule has 0 atom stereocenters. The number of rotatable bonds is 3. The van der Waals surface area contributed by atoms with Crippen molar-refractivity contribution >= 4 is 28.2 Å². The van der Waals surface area contributed by atoms with Crippen LogP contribution in [0.3, 0.4) is 0 Å². The van der Waals surface area contributed by atoms with Crippen molar-refractivity contribution < 1.29 is 9.21 Å². The van der Waals surface area contributed by atoms with Crippen LogP contribution >= 0.6 is 15.9 Å². The highest BCUT2D eigenvalue weighted by molar-refractivity contribution is 9.10. The van der Waals surface area contributed by atoms with Crippen LogP contribution in [0.25, 0.3) is 11.3 Å². The molecule has 2 rings (SSSR count). The normalized spacial score (nSPS) is 10.8. The highest BCUT2D eigenvalue weighted by Gasteiger charge is 2.07. The molecule has 5 nitrogen and oxygen atoms in total. The van der Waals surface area contributed by atoms with Gasteiger partial charge in [-0.1, -0.05) is 22.0 Å². The molecule has 0 fully saturated rings. The van der Waals surface area contributed by atoms with Gasteiger partial charge in [-0.3, -0.25) is 0 Å². The molecule has 2 amide bonds. The van der Waals surface area contributed by atoms with Gasteiger partial charge in [0.2, 0.25) is 0 Å². The van der Waals surface area contributed by atoms with Crippen molar-refractivity contribution in [3.63, 3.8) is 0 Å². The number of carbonyl (C=O) groups excluding carboxylic acids is 1. The molecule has 19 heavy (non-hydrogen) atoms. The second-order valence-electron chi connectivity index (χ2n) is 3.92. The first kappa shape index (κ1) is 13.4. The van der Waals surface area contributed by atoms with E-state index in [0.717, 1.165) is 15.6 Å². The number of hydrazone groups is 1. The molecule has 0 saturated carbocycles.